The standard InChI is InChI=1S/C24H24N4OS/c1-16-11-12-17(2)22(13-16)28-15-25-27-24(28)30-14-23(29)26-18(3)20-10-6-8-19-7-4-5-9-21(19)20/h4-13,15,18H,14H2,1-3H3,(H,26,29). The van der Waals surface area contributed by atoms with E-state index in [1.165, 1.54) is 22.7 Å². The summed E-state index contributed by atoms with van der Waals surface area (Å²) < 4.78 is 1.94. The first-order valence-electron chi connectivity index (χ1n) is 9.90. The van der Waals surface area contributed by atoms with Crippen LogP contribution in [0.3, 0.4) is 0 Å². The summed E-state index contributed by atoms with van der Waals surface area (Å²) in [5.41, 5.74) is 4.45. The third-order valence-electron chi connectivity index (χ3n) is 5.14. The molecule has 1 aromatic heterocycles. The van der Waals surface area contributed by atoms with Crippen molar-refractivity contribution in [3.8, 4) is 5.69 Å². The molecule has 0 spiro atoms. The summed E-state index contributed by atoms with van der Waals surface area (Å²) in [6.45, 7) is 6.13. The van der Waals surface area contributed by atoms with Crippen LogP contribution >= 0.6 is 11.8 Å². The third-order valence-corrected chi connectivity index (χ3v) is 6.08. The van der Waals surface area contributed by atoms with Gasteiger partial charge in [-0.15, -0.1) is 10.2 Å². The van der Waals surface area contributed by atoms with Crippen LogP contribution in [0.4, 0.5) is 0 Å². The third kappa shape index (κ3) is 4.24. The van der Waals surface area contributed by atoms with Gasteiger partial charge in [-0.1, -0.05) is 66.4 Å². The van der Waals surface area contributed by atoms with Crippen molar-refractivity contribution < 1.29 is 4.79 Å². The lowest BCUT2D eigenvalue weighted by Gasteiger charge is -2.16. The maximum atomic E-state index is 12.6. The molecule has 1 atom stereocenters. The number of fused-ring (bicyclic) bond motifs is 1. The van der Waals surface area contributed by atoms with Crippen LogP contribution in [0.15, 0.2) is 72.1 Å². The molecule has 0 radical (unpaired) electrons. The highest BCUT2D eigenvalue weighted by atomic mass is 32.2. The molecule has 0 saturated heterocycles. The molecule has 152 valence electrons. The summed E-state index contributed by atoms with van der Waals surface area (Å²) in [7, 11) is 0. The maximum Gasteiger partial charge on any atom is 0.230 e. The second-order valence-corrected chi connectivity index (χ2v) is 8.36. The van der Waals surface area contributed by atoms with E-state index in [0.717, 1.165) is 22.2 Å². The molecule has 0 aliphatic rings. The predicted molar refractivity (Wildman–Crippen MR) is 122 cm³/mol. The van der Waals surface area contributed by atoms with Gasteiger partial charge in [0.1, 0.15) is 6.33 Å². The molecule has 6 heteroatoms. The summed E-state index contributed by atoms with van der Waals surface area (Å²) in [6.07, 6.45) is 1.70. The zero-order chi connectivity index (χ0) is 21.1. The zero-order valence-corrected chi connectivity index (χ0v) is 18.1. The molecule has 1 N–H and O–H groups in total. The molecular weight excluding hydrogens is 392 g/mol. The summed E-state index contributed by atoms with van der Waals surface area (Å²) in [6, 6.07) is 20.6. The van der Waals surface area contributed by atoms with E-state index >= 15 is 0 Å². The molecule has 3 aromatic carbocycles. The SMILES string of the molecule is Cc1ccc(C)c(-n2cnnc2SCC(=O)NC(C)c2cccc3ccccc23)c1. The Hall–Kier alpha value is -3.12. The van der Waals surface area contributed by atoms with E-state index in [2.05, 4.69) is 71.8 Å². The number of nitrogens with one attached hydrogen (secondary N) is 1. The first-order chi connectivity index (χ1) is 14.5. The van der Waals surface area contributed by atoms with Crippen LogP contribution in [-0.2, 0) is 4.79 Å². The van der Waals surface area contributed by atoms with Crippen molar-refractivity contribution >= 4 is 28.4 Å². The molecule has 1 amide bonds. The van der Waals surface area contributed by atoms with Gasteiger partial charge in [0.2, 0.25) is 5.91 Å². The van der Waals surface area contributed by atoms with Crippen molar-refractivity contribution in [3.05, 3.63) is 83.7 Å². The Bertz CT molecular complexity index is 1200. The second kappa shape index (κ2) is 8.71. The van der Waals surface area contributed by atoms with Crippen LogP contribution in [0.2, 0.25) is 0 Å². The fourth-order valence-corrected chi connectivity index (χ4v) is 4.32. The molecule has 0 bridgehead atoms. The second-order valence-electron chi connectivity index (χ2n) is 7.42. The Morgan fingerprint density at radius 2 is 1.90 bits per heavy atom. The van der Waals surface area contributed by atoms with E-state index in [-0.39, 0.29) is 17.7 Å². The number of carbonyl (C=O) groups is 1. The Labute approximate surface area is 180 Å². The smallest absolute Gasteiger partial charge is 0.230 e. The van der Waals surface area contributed by atoms with E-state index in [0.29, 0.717) is 5.16 Å². The molecule has 30 heavy (non-hydrogen) atoms. The number of amides is 1. The van der Waals surface area contributed by atoms with Crippen molar-refractivity contribution in [2.45, 2.75) is 32.0 Å². The normalized spacial score (nSPS) is 12.1. The summed E-state index contributed by atoms with van der Waals surface area (Å²) in [5, 5.41) is 14.4. The number of benzene rings is 3. The monoisotopic (exact) mass is 416 g/mol. The van der Waals surface area contributed by atoms with Crippen molar-refractivity contribution in [3.63, 3.8) is 0 Å². The quantitative estimate of drug-likeness (QED) is 0.449. The Morgan fingerprint density at radius 1 is 1.10 bits per heavy atom. The van der Waals surface area contributed by atoms with Crippen molar-refractivity contribution in [2.75, 3.05) is 5.75 Å². The van der Waals surface area contributed by atoms with Crippen LogP contribution < -0.4 is 5.32 Å². The highest BCUT2D eigenvalue weighted by Crippen LogP contribution is 2.25. The largest absolute Gasteiger partial charge is 0.349 e. The van der Waals surface area contributed by atoms with Crippen LogP contribution in [0.1, 0.15) is 29.7 Å². The maximum absolute atomic E-state index is 12.6. The first-order valence-corrected chi connectivity index (χ1v) is 10.9. The lowest BCUT2D eigenvalue weighted by Crippen LogP contribution is -2.28. The van der Waals surface area contributed by atoms with Gasteiger partial charge in [-0.2, -0.15) is 0 Å². The minimum atomic E-state index is -0.0823. The van der Waals surface area contributed by atoms with Crippen LogP contribution in [0.5, 0.6) is 0 Å². The predicted octanol–water partition coefficient (Wildman–Crippen LogP) is 5.01. The number of thioether (sulfide) groups is 1. The van der Waals surface area contributed by atoms with Crippen molar-refractivity contribution in [1.29, 1.82) is 0 Å². The van der Waals surface area contributed by atoms with E-state index in [1.54, 1.807) is 6.33 Å². The Morgan fingerprint density at radius 3 is 2.77 bits per heavy atom. The highest BCUT2D eigenvalue weighted by Gasteiger charge is 2.15. The molecule has 0 fully saturated rings. The molecule has 5 nitrogen and oxygen atoms in total. The van der Waals surface area contributed by atoms with Gasteiger partial charge >= 0.3 is 0 Å². The first kappa shape index (κ1) is 20.2. The van der Waals surface area contributed by atoms with Gasteiger partial charge < -0.3 is 5.32 Å². The number of hydrogen-bond donors (Lipinski definition) is 1. The highest BCUT2D eigenvalue weighted by molar-refractivity contribution is 7.99. The minimum absolute atomic E-state index is 0.0315. The molecule has 0 aliphatic heterocycles. The van der Waals surface area contributed by atoms with Crippen LogP contribution in [0.25, 0.3) is 16.5 Å². The van der Waals surface area contributed by atoms with Gasteiger partial charge in [0, 0.05) is 0 Å². The van der Waals surface area contributed by atoms with E-state index in [1.807, 2.05) is 29.7 Å². The van der Waals surface area contributed by atoms with E-state index in [9.17, 15) is 4.79 Å². The van der Waals surface area contributed by atoms with Crippen molar-refractivity contribution in [2.24, 2.45) is 0 Å². The van der Waals surface area contributed by atoms with Gasteiger partial charge in [-0.3, -0.25) is 9.36 Å². The molecule has 1 unspecified atom stereocenters. The number of carbonyl (C=O) groups excluding carboxylic acids is 1. The van der Waals surface area contributed by atoms with Crippen LogP contribution in [-0.4, -0.2) is 26.4 Å². The topological polar surface area (TPSA) is 59.8 Å². The fraction of sp³-hybridized carbons (Fsp3) is 0.208. The lowest BCUT2D eigenvalue weighted by atomic mass is 10.00. The fourth-order valence-electron chi connectivity index (χ4n) is 3.59. The van der Waals surface area contributed by atoms with Gasteiger partial charge in [-0.05, 0) is 54.3 Å². The van der Waals surface area contributed by atoms with Crippen molar-refractivity contribution in [1.82, 2.24) is 20.1 Å². The minimum Gasteiger partial charge on any atom is -0.349 e. The number of aromatic nitrogens is 3. The molecule has 0 saturated carbocycles. The lowest BCUT2D eigenvalue weighted by molar-refractivity contribution is -0.119. The Kier molecular flexibility index (Phi) is 5.86. The summed E-state index contributed by atoms with van der Waals surface area (Å²) >= 11 is 1.39. The number of hydrogen-bond acceptors (Lipinski definition) is 4. The molecule has 0 aliphatic carbocycles. The van der Waals surface area contributed by atoms with E-state index < -0.39 is 0 Å². The van der Waals surface area contributed by atoms with E-state index in [4.69, 9.17) is 0 Å². The molecule has 4 aromatic rings. The average molecular weight is 417 g/mol. The Balaban J connectivity index is 1.45. The van der Waals surface area contributed by atoms with Gasteiger partial charge in [0.05, 0.1) is 17.5 Å². The van der Waals surface area contributed by atoms with Gasteiger partial charge in [0.15, 0.2) is 5.16 Å². The number of nitrogens with zero attached hydrogens (tertiary/aromatic N) is 3. The number of aryl methyl sites for hydroxylation is 2. The number of rotatable bonds is 6. The summed E-state index contributed by atoms with van der Waals surface area (Å²) in [4.78, 5) is 12.6. The molecular formula is C24H24N4OS. The van der Waals surface area contributed by atoms with Gasteiger partial charge in [0.25, 0.3) is 0 Å². The van der Waals surface area contributed by atoms with Crippen LogP contribution in [0, 0.1) is 13.8 Å². The summed E-state index contributed by atoms with van der Waals surface area (Å²) in [5.74, 6) is 0.245. The molecule has 4 rings (SSSR count). The van der Waals surface area contributed by atoms with Gasteiger partial charge in [-0.25, -0.2) is 0 Å². The zero-order valence-electron chi connectivity index (χ0n) is 17.3. The average Bonchev–Trinajstić information content (AvgIpc) is 3.22. The molecule has 1 heterocycles.